The van der Waals surface area contributed by atoms with Gasteiger partial charge in [0, 0.05) is 53.1 Å². The molecule has 2 rings (SSSR count). The van der Waals surface area contributed by atoms with Crippen molar-refractivity contribution >= 4 is 105 Å². The molecular formula is C88H150N9O38P5. The third kappa shape index (κ3) is 80.9. The van der Waals surface area contributed by atoms with Crippen LogP contribution in [0.25, 0.3) is 6.08 Å². The third-order valence-electron chi connectivity index (χ3n) is 16.0. The molecule has 0 radical (unpaired) electrons. The van der Waals surface area contributed by atoms with E-state index in [1.807, 2.05) is 125 Å². The Hall–Kier alpha value is -8.57. The van der Waals surface area contributed by atoms with E-state index in [0.717, 1.165) is 5.56 Å². The maximum Gasteiger partial charge on any atom is 0.333 e. The van der Waals surface area contributed by atoms with Crippen LogP contribution in [0.2, 0.25) is 0 Å². The predicted molar refractivity (Wildman–Crippen MR) is 509 cm³/mol. The summed E-state index contributed by atoms with van der Waals surface area (Å²) in [4.78, 5) is 168. The first kappa shape index (κ1) is 136. The molecule has 1 aromatic carbocycles. The molecule has 0 fully saturated rings. The van der Waals surface area contributed by atoms with Crippen LogP contribution >= 0.6 is 39.1 Å². The molecule has 0 aliphatic carbocycles. The first-order valence-electron chi connectivity index (χ1n) is 43.2. The van der Waals surface area contributed by atoms with Gasteiger partial charge in [-0.25, -0.2) is 33.8 Å². The number of amides is 2. The van der Waals surface area contributed by atoms with Crippen LogP contribution in [0, 0.1) is 0 Å². The van der Waals surface area contributed by atoms with Crippen LogP contribution in [0.3, 0.4) is 0 Å². The van der Waals surface area contributed by atoms with Gasteiger partial charge in [-0.15, -0.1) is 0 Å². The van der Waals surface area contributed by atoms with Crippen molar-refractivity contribution in [2.45, 2.75) is 92.3 Å². The quantitative estimate of drug-likeness (QED) is 0.0156. The Morgan fingerprint density at radius 2 is 0.679 bits per heavy atom. The summed E-state index contributed by atoms with van der Waals surface area (Å²) in [7, 11) is 5.12. The van der Waals surface area contributed by atoms with Gasteiger partial charge in [-0.2, -0.15) is 0 Å². The fraction of sp³-hybridized carbons (Fsp3) is 0.591. The van der Waals surface area contributed by atoms with Gasteiger partial charge in [0.25, 0.3) is 39.1 Å². The number of pyridine rings is 1. The molecule has 9 unspecified atom stereocenters. The molecule has 2 amide bonds. The zero-order chi connectivity index (χ0) is 108. The van der Waals surface area contributed by atoms with Crippen molar-refractivity contribution < 1.29 is 201 Å². The molecule has 47 nitrogen and oxygen atoms in total. The minimum atomic E-state index is -4.80. The molecule has 3 N–H and O–H groups in total. The van der Waals surface area contributed by atoms with Crippen LogP contribution in [0.5, 0.6) is 5.75 Å². The number of allylic oxidation sites excluding steroid dienone is 1. The average molecular weight is 2100 g/mol. The second-order valence-electron chi connectivity index (χ2n) is 35.9. The number of nitrogens with zero attached hydrogens (tertiary/aromatic N) is 6. The molecule has 0 aliphatic heterocycles. The molecule has 0 spiro atoms. The molecule has 0 saturated heterocycles. The Bertz CT molecular complexity index is 4500. The number of phosphoric acid groups is 5. The molecule has 52 heteroatoms. The van der Waals surface area contributed by atoms with E-state index in [0.29, 0.717) is 79.7 Å². The van der Waals surface area contributed by atoms with Crippen molar-refractivity contribution in [3.8, 4) is 5.75 Å². The summed E-state index contributed by atoms with van der Waals surface area (Å²) in [5.74, 6) is -5.07. The van der Waals surface area contributed by atoms with E-state index in [4.69, 9.17) is 87.9 Å². The highest BCUT2D eigenvalue weighted by Gasteiger charge is 2.30. The number of rotatable bonds is 66. The minimum absolute atomic E-state index is 0.00922. The van der Waals surface area contributed by atoms with Crippen molar-refractivity contribution in [2.75, 3.05) is 262 Å². The van der Waals surface area contributed by atoms with E-state index in [1.165, 1.54) is 48.5 Å². The molecule has 1 heterocycles. The van der Waals surface area contributed by atoms with Crippen molar-refractivity contribution in [3.63, 3.8) is 0 Å². The molecule has 800 valence electrons. The lowest BCUT2D eigenvalue weighted by Crippen LogP contribution is -2.39. The lowest BCUT2D eigenvalue weighted by atomic mass is 10.2. The fourth-order valence-corrected chi connectivity index (χ4v) is 12.6. The Kier molecular flexibility index (Phi) is 66.5. The summed E-state index contributed by atoms with van der Waals surface area (Å²) in [6.07, 6.45) is 2.08. The average Bonchev–Trinajstić information content (AvgIpc) is 0.874. The number of ether oxygens (including phenoxy) is 9. The van der Waals surface area contributed by atoms with E-state index >= 15 is 0 Å². The Labute approximate surface area is 823 Å². The Balaban J connectivity index is -0.00000168. The van der Waals surface area contributed by atoms with Gasteiger partial charge in [0.05, 0.1) is 125 Å². The van der Waals surface area contributed by atoms with Crippen LogP contribution < -0.4 is 45.2 Å². The second kappa shape index (κ2) is 68.6. The van der Waals surface area contributed by atoms with Gasteiger partial charge < -0.3 is 151 Å². The number of nitrogens with one attached hydrogen (secondary N) is 3. The second-order valence-corrected chi connectivity index (χ2v) is 42.7. The van der Waals surface area contributed by atoms with Crippen molar-refractivity contribution in [2.24, 2.45) is 0 Å². The number of phosphoric ester groups is 5. The van der Waals surface area contributed by atoms with Gasteiger partial charge >= 0.3 is 41.8 Å². The monoisotopic (exact) mass is 2100 g/mol. The Morgan fingerprint density at radius 1 is 0.386 bits per heavy atom. The lowest BCUT2D eigenvalue weighted by Gasteiger charge is -2.30. The molecule has 0 aliphatic rings. The van der Waals surface area contributed by atoms with Gasteiger partial charge in [-0.3, -0.25) is 37.2 Å². The number of aromatic nitrogens is 1. The number of carbonyl (C=O) groups excluding carboxylic acids is 9. The highest BCUT2D eigenvalue weighted by Crippen LogP contribution is 2.44. The predicted octanol–water partition coefficient (Wildman–Crippen LogP) is 4.54. The molecule has 9 atom stereocenters. The number of likely N-dealkylation sites (N-methyl/N-ethyl adjacent to an activating group) is 5. The summed E-state index contributed by atoms with van der Waals surface area (Å²) >= 11 is 0. The van der Waals surface area contributed by atoms with Crippen molar-refractivity contribution in [1.82, 2.24) is 15.6 Å². The minimum Gasteiger partial charge on any atom is -0.756 e. The van der Waals surface area contributed by atoms with Crippen LogP contribution in [0.15, 0.2) is 140 Å². The number of hydrogen-bond donors (Lipinski definition) is 3. The molecule has 2 aromatic rings. The first-order chi connectivity index (χ1) is 64.2. The number of esters is 7. The zero-order valence-electron chi connectivity index (χ0n) is 85.1. The van der Waals surface area contributed by atoms with E-state index in [9.17, 15) is 90.4 Å². The highest BCUT2D eigenvalue weighted by molar-refractivity contribution is 7.47. The van der Waals surface area contributed by atoms with Crippen LogP contribution in [-0.4, -0.2) is 369 Å². The normalized spacial score (nSPS) is 14.5. The number of quaternary nitrogens is 5. The summed E-state index contributed by atoms with van der Waals surface area (Å²) in [6.45, 7) is 34.5. The van der Waals surface area contributed by atoms with Crippen molar-refractivity contribution in [1.29, 1.82) is 0 Å². The molecule has 140 heavy (non-hydrogen) atoms. The maximum atomic E-state index is 12.2. The van der Waals surface area contributed by atoms with Gasteiger partial charge in [-0.05, 0) is 84.7 Å². The molecular weight excluding hydrogens is 1950 g/mol. The summed E-state index contributed by atoms with van der Waals surface area (Å²) in [6, 6.07) is 12.3. The van der Waals surface area contributed by atoms with E-state index in [1.54, 1.807) is 54.7 Å². The molecule has 0 saturated carbocycles. The third-order valence-corrected chi connectivity index (χ3v) is 21.3. The summed E-state index contributed by atoms with van der Waals surface area (Å²) in [5.41, 5.74) is 1.86. The maximum absolute atomic E-state index is 12.2. The fourth-order valence-electron chi connectivity index (χ4n) is 8.29. The van der Waals surface area contributed by atoms with E-state index in [-0.39, 0.29) is 113 Å². The van der Waals surface area contributed by atoms with Gasteiger partial charge in [0.15, 0.2) is 0 Å². The number of benzene rings is 1. The lowest BCUT2D eigenvalue weighted by molar-refractivity contribution is -0.870. The number of anilines is 1. The van der Waals surface area contributed by atoms with Crippen molar-refractivity contribution in [3.05, 3.63) is 146 Å². The standard InChI is InChI=1S/C20H30NO7P.C18H32N3O10P.C17H28N3O6P.C17H32NO7P.C16H28NO8P/c1-7-17-8-10-18(11-9-17)25-14-19(15-26-20(22)16(2)3)28-29(23,24)27-13-12-21(4,5)6;1-13(2)18(25)29-12-15(31-32(26,27)30-8-7-21(4,5)6)11-28-17(24)10-20-16(23)9-19-14(3)22;1-14(2)17(21)24-13-15(12-19-16-8-6-7-9-18-16)26-27(22,23)25-11-10-20(3,4)5;1-7-8-9-11-22-13-16(14-23-17(19)15(2)3)25-26(20,21)24-12-10-18(4,5)6;1-12(2)15(18)22-10-14(11-23-16(19)13(3)4)25-26(20,21)24-9-8-17(5,6)7/h7-11,19H,1-2,12-15H2,3-6H3;15H,1,7-12H2,2-6H3,(H2-,19,20,22,23,26,27);6-9,15H,1,10-13H2,2-5H3,(H-,18,19,22,23);7-8,16H,2,9-14H2,1,3-6H3;14H,1,3,8-11H2,2,4-7H3/b;;;8-7+;. The summed E-state index contributed by atoms with van der Waals surface area (Å²) < 4.78 is 157. The largest absolute Gasteiger partial charge is 0.756 e. The first-order valence-corrected chi connectivity index (χ1v) is 50.6. The van der Waals surface area contributed by atoms with Gasteiger partial charge in [0.2, 0.25) is 11.8 Å². The number of hydrogen-bond acceptors (Lipinski definition) is 40. The highest BCUT2D eigenvalue weighted by atomic mass is 31.2. The SMILES string of the molecule is C=C(C)C(=O)OCC(CNc1ccccn1)OP(=O)([O-])OCC[N+](C)(C)C.C=C(C)C(=O)OCC(COC(=O)C(=C)C)OP(=O)([O-])OCC[N+](C)(C)C.C=C(C)C(=O)OCC(COC(=O)CNC(=O)CNC(C)=O)OP(=O)([O-])OCC[N+](C)(C)C.C=C(C)C(=O)OCC(COCC/C=C/C)OP(=O)([O-])OCC[N+](C)(C)C.C=Cc1ccc(OCC(COC(=O)C(=C)C)OP(=O)([O-])OCC[N+](C)(C)C)cc1. The topological polar surface area (TPSA) is 579 Å². The summed E-state index contributed by atoms with van der Waals surface area (Å²) in [5, 5.41) is 7.39. The van der Waals surface area contributed by atoms with Gasteiger partial charge in [-0.1, -0.05) is 82.5 Å². The molecule has 0 bridgehead atoms. The van der Waals surface area contributed by atoms with E-state index < -0.39 is 156 Å². The Morgan fingerprint density at radius 3 is 0.957 bits per heavy atom. The van der Waals surface area contributed by atoms with Gasteiger partial charge in [0.1, 0.15) is 167 Å². The molecule has 1 aromatic heterocycles. The van der Waals surface area contributed by atoms with Crippen LogP contribution in [0.4, 0.5) is 5.82 Å². The van der Waals surface area contributed by atoms with Crippen LogP contribution in [0.1, 0.15) is 67.4 Å². The smallest absolute Gasteiger partial charge is 0.333 e. The van der Waals surface area contributed by atoms with E-state index in [2.05, 4.69) is 67.0 Å². The number of carbonyl (C=O) groups is 9. The van der Waals surface area contributed by atoms with Crippen LogP contribution in [-0.2, 0) is 149 Å². The zero-order valence-corrected chi connectivity index (χ0v) is 89.6.